The lowest BCUT2D eigenvalue weighted by molar-refractivity contribution is 0.0949. The van der Waals surface area contributed by atoms with Gasteiger partial charge in [-0.15, -0.1) is 11.3 Å². The standard InChI is InChI=1S/C18H21FN2O3S2/c19-15-8-6-14(7-9-15)18(22)20-11-10-16-4-1-2-12-21(16)26(23,24)17-5-3-13-25-17/h3,5-9,13,16H,1-2,4,10-12H2,(H,20,22). The van der Waals surface area contributed by atoms with Crippen molar-refractivity contribution in [3.8, 4) is 0 Å². The van der Waals surface area contributed by atoms with E-state index in [1.54, 1.807) is 21.8 Å². The Morgan fingerprint density at radius 2 is 2.00 bits per heavy atom. The quantitative estimate of drug-likeness (QED) is 0.815. The molecule has 1 N–H and O–H groups in total. The van der Waals surface area contributed by atoms with Gasteiger partial charge in [0.05, 0.1) is 0 Å². The van der Waals surface area contributed by atoms with Gasteiger partial charge in [0.15, 0.2) is 0 Å². The number of hydrogen-bond donors (Lipinski definition) is 1. The molecule has 0 aliphatic carbocycles. The number of thiophene rings is 1. The van der Waals surface area contributed by atoms with E-state index in [4.69, 9.17) is 0 Å². The van der Waals surface area contributed by atoms with Crippen molar-refractivity contribution in [2.75, 3.05) is 13.1 Å². The van der Waals surface area contributed by atoms with Crippen molar-refractivity contribution in [3.63, 3.8) is 0 Å². The van der Waals surface area contributed by atoms with Gasteiger partial charge >= 0.3 is 0 Å². The lowest BCUT2D eigenvalue weighted by Crippen LogP contribution is -2.44. The summed E-state index contributed by atoms with van der Waals surface area (Å²) in [5, 5.41) is 4.55. The highest BCUT2D eigenvalue weighted by atomic mass is 32.2. The molecule has 0 radical (unpaired) electrons. The zero-order valence-electron chi connectivity index (χ0n) is 14.2. The Morgan fingerprint density at radius 1 is 1.23 bits per heavy atom. The number of carbonyl (C=O) groups is 1. The maximum absolute atomic E-state index is 12.9. The number of halogens is 1. The zero-order chi connectivity index (χ0) is 18.6. The molecule has 1 fully saturated rings. The van der Waals surface area contributed by atoms with Gasteiger partial charge in [0.25, 0.3) is 15.9 Å². The molecule has 1 aliphatic rings. The molecule has 0 bridgehead atoms. The van der Waals surface area contributed by atoms with Crippen LogP contribution >= 0.6 is 11.3 Å². The Hall–Kier alpha value is -1.77. The molecule has 0 spiro atoms. The Bertz CT molecular complexity index is 836. The molecule has 3 rings (SSSR count). The molecule has 1 atom stereocenters. The number of hydrogen-bond acceptors (Lipinski definition) is 4. The van der Waals surface area contributed by atoms with Gasteiger partial charge in [-0.2, -0.15) is 4.31 Å². The number of carbonyl (C=O) groups excluding carboxylic acids is 1. The van der Waals surface area contributed by atoms with Crippen LogP contribution in [0.5, 0.6) is 0 Å². The average Bonchev–Trinajstić information content (AvgIpc) is 3.18. The molecule has 26 heavy (non-hydrogen) atoms. The van der Waals surface area contributed by atoms with Gasteiger partial charge in [-0.3, -0.25) is 4.79 Å². The van der Waals surface area contributed by atoms with Gasteiger partial charge in [-0.05, 0) is 55.0 Å². The van der Waals surface area contributed by atoms with Crippen LogP contribution in [0.1, 0.15) is 36.0 Å². The van der Waals surface area contributed by atoms with Crippen LogP contribution in [0.2, 0.25) is 0 Å². The highest BCUT2D eigenvalue weighted by Crippen LogP contribution is 2.29. The monoisotopic (exact) mass is 396 g/mol. The fraction of sp³-hybridized carbons (Fsp3) is 0.389. The van der Waals surface area contributed by atoms with Crippen LogP contribution in [0.15, 0.2) is 46.0 Å². The van der Waals surface area contributed by atoms with E-state index in [9.17, 15) is 17.6 Å². The number of nitrogens with zero attached hydrogens (tertiary/aromatic N) is 1. The SMILES string of the molecule is O=C(NCCC1CCCCN1S(=O)(=O)c1cccs1)c1ccc(F)cc1. The summed E-state index contributed by atoms with van der Waals surface area (Å²) in [6, 6.07) is 8.58. The Balaban J connectivity index is 1.60. The molecule has 140 valence electrons. The second-order valence-corrected chi connectivity index (χ2v) is 9.31. The number of rotatable bonds is 6. The predicted octanol–water partition coefficient (Wildman–Crippen LogP) is 3.25. The smallest absolute Gasteiger partial charge is 0.252 e. The topological polar surface area (TPSA) is 66.5 Å². The van der Waals surface area contributed by atoms with E-state index in [-0.39, 0.29) is 11.9 Å². The molecule has 1 aromatic carbocycles. The second-order valence-electron chi connectivity index (χ2n) is 6.25. The highest BCUT2D eigenvalue weighted by Gasteiger charge is 2.33. The minimum absolute atomic E-state index is 0.121. The van der Waals surface area contributed by atoms with Crippen molar-refractivity contribution in [3.05, 3.63) is 53.2 Å². The number of amides is 1. The lowest BCUT2D eigenvalue weighted by Gasteiger charge is -2.34. The fourth-order valence-electron chi connectivity index (χ4n) is 3.16. The van der Waals surface area contributed by atoms with Crippen LogP contribution < -0.4 is 5.32 Å². The molecule has 1 aliphatic heterocycles. The third kappa shape index (κ3) is 4.31. The zero-order valence-corrected chi connectivity index (χ0v) is 15.9. The molecule has 2 heterocycles. The maximum Gasteiger partial charge on any atom is 0.252 e. The average molecular weight is 397 g/mol. The molecule has 0 saturated carbocycles. The summed E-state index contributed by atoms with van der Waals surface area (Å²) < 4.78 is 40.5. The maximum atomic E-state index is 12.9. The van der Waals surface area contributed by atoms with Crippen LogP contribution in [-0.4, -0.2) is 37.8 Å². The second kappa shape index (κ2) is 8.28. The van der Waals surface area contributed by atoms with Crippen LogP contribution in [0.4, 0.5) is 4.39 Å². The largest absolute Gasteiger partial charge is 0.352 e. The number of sulfonamides is 1. The van der Waals surface area contributed by atoms with Crippen molar-refractivity contribution in [2.24, 2.45) is 0 Å². The minimum Gasteiger partial charge on any atom is -0.352 e. The summed E-state index contributed by atoms with van der Waals surface area (Å²) >= 11 is 1.22. The van der Waals surface area contributed by atoms with Crippen LogP contribution in [0, 0.1) is 5.82 Å². The van der Waals surface area contributed by atoms with E-state index >= 15 is 0 Å². The van der Waals surface area contributed by atoms with Crippen LogP contribution in [0.25, 0.3) is 0 Å². The van der Waals surface area contributed by atoms with Crippen molar-refractivity contribution in [1.82, 2.24) is 9.62 Å². The van der Waals surface area contributed by atoms with E-state index in [2.05, 4.69) is 5.32 Å². The van der Waals surface area contributed by atoms with Gasteiger partial charge in [0.1, 0.15) is 10.0 Å². The first-order valence-electron chi connectivity index (χ1n) is 8.57. The van der Waals surface area contributed by atoms with Crippen LogP contribution in [0.3, 0.4) is 0 Å². The molecule has 1 unspecified atom stereocenters. The van der Waals surface area contributed by atoms with Crippen molar-refractivity contribution < 1.29 is 17.6 Å². The van der Waals surface area contributed by atoms with E-state index < -0.39 is 15.8 Å². The lowest BCUT2D eigenvalue weighted by atomic mass is 10.0. The van der Waals surface area contributed by atoms with Crippen molar-refractivity contribution >= 4 is 27.3 Å². The Morgan fingerprint density at radius 3 is 2.69 bits per heavy atom. The number of nitrogens with one attached hydrogen (secondary N) is 1. The third-order valence-corrected chi connectivity index (χ3v) is 7.83. The molecule has 5 nitrogen and oxygen atoms in total. The molecular formula is C18H21FN2O3S2. The summed E-state index contributed by atoms with van der Waals surface area (Å²) in [5.41, 5.74) is 0.387. The van der Waals surface area contributed by atoms with Gasteiger partial charge in [0, 0.05) is 24.7 Å². The van der Waals surface area contributed by atoms with Gasteiger partial charge in [-0.1, -0.05) is 12.5 Å². The number of piperidine rings is 1. The summed E-state index contributed by atoms with van der Waals surface area (Å²) in [4.78, 5) is 12.1. The molecule has 1 aromatic heterocycles. The van der Waals surface area contributed by atoms with E-state index in [1.165, 1.54) is 35.6 Å². The van der Waals surface area contributed by atoms with E-state index in [1.807, 2.05) is 0 Å². The molecular weight excluding hydrogens is 375 g/mol. The summed E-state index contributed by atoms with van der Waals surface area (Å²) in [7, 11) is -3.48. The van der Waals surface area contributed by atoms with E-state index in [0.29, 0.717) is 29.3 Å². The molecule has 2 aromatic rings. The summed E-state index contributed by atoms with van der Waals surface area (Å²) in [5.74, 6) is -0.674. The van der Waals surface area contributed by atoms with Gasteiger partial charge in [-0.25, -0.2) is 12.8 Å². The van der Waals surface area contributed by atoms with Crippen molar-refractivity contribution in [2.45, 2.75) is 35.9 Å². The highest BCUT2D eigenvalue weighted by molar-refractivity contribution is 7.91. The first-order chi connectivity index (χ1) is 12.5. The van der Waals surface area contributed by atoms with E-state index in [0.717, 1.165) is 19.3 Å². The Kier molecular flexibility index (Phi) is 6.05. The Labute approximate surface area is 156 Å². The summed E-state index contributed by atoms with van der Waals surface area (Å²) in [6.45, 7) is 0.883. The normalized spacial score (nSPS) is 18.6. The van der Waals surface area contributed by atoms with Gasteiger partial charge in [0.2, 0.25) is 0 Å². The minimum atomic E-state index is -3.48. The number of benzene rings is 1. The molecule has 1 saturated heterocycles. The first-order valence-corrected chi connectivity index (χ1v) is 10.9. The predicted molar refractivity (Wildman–Crippen MR) is 99.2 cm³/mol. The molecule has 1 amide bonds. The van der Waals surface area contributed by atoms with Gasteiger partial charge < -0.3 is 5.32 Å². The molecule has 8 heteroatoms. The van der Waals surface area contributed by atoms with Crippen LogP contribution in [-0.2, 0) is 10.0 Å². The van der Waals surface area contributed by atoms with Crippen molar-refractivity contribution in [1.29, 1.82) is 0 Å². The fourth-order valence-corrected chi connectivity index (χ4v) is 6.00. The summed E-state index contributed by atoms with van der Waals surface area (Å²) in [6.07, 6.45) is 3.17. The third-order valence-electron chi connectivity index (χ3n) is 4.50. The first kappa shape index (κ1) is 19.0.